The molecule has 17 heavy (non-hydrogen) atoms. The number of amides is 1. The number of piperidine rings is 1. The van der Waals surface area contributed by atoms with Gasteiger partial charge in [0.05, 0.1) is 6.10 Å². The summed E-state index contributed by atoms with van der Waals surface area (Å²) in [6.45, 7) is 5.94. The standard InChI is InChI=1S/C13H22N2O2/c1-11-3-2-8-15(9-11)13(16)10-17-12-4-6-14-7-5-12/h3,12,14H,2,4-10H2,1H3. The van der Waals surface area contributed by atoms with Crippen LogP contribution in [0.4, 0.5) is 0 Å². The molecule has 0 aromatic heterocycles. The first-order valence-electron chi connectivity index (χ1n) is 6.51. The van der Waals surface area contributed by atoms with Gasteiger partial charge in [-0.1, -0.05) is 11.6 Å². The van der Waals surface area contributed by atoms with Crippen molar-refractivity contribution >= 4 is 5.91 Å². The number of rotatable bonds is 3. The maximum absolute atomic E-state index is 11.9. The molecule has 2 rings (SSSR count). The highest BCUT2D eigenvalue weighted by Gasteiger charge is 2.19. The number of ether oxygens (including phenoxy) is 1. The van der Waals surface area contributed by atoms with Crippen LogP contribution in [0.5, 0.6) is 0 Å². The first-order valence-corrected chi connectivity index (χ1v) is 6.51. The van der Waals surface area contributed by atoms with E-state index in [2.05, 4.69) is 18.3 Å². The summed E-state index contributed by atoms with van der Waals surface area (Å²) in [4.78, 5) is 13.8. The van der Waals surface area contributed by atoms with E-state index in [9.17, 15) is 4.79 Å². The Bertz CT molecular complexity index is 296. The van der Waals surface area contributed by atoms with E-state index in [0.717, 1.165) is 45.4 Å². The van der Waals surface area contributed by atoms with Gasteiger partial charge in [0.15, 0.2) is 0 Å². The minimum atomic E-state index is 0.135. The van der Waals surface area contributed by atoms with Crippen molar-refractivity contribution in [3.05, 3.63) is 11.6 Å². The molecule has 2 aliphatic rings. The lowest BCUT2D eigenvalue weighted by Crippen LogP contribution is -2.40. The highest BCUT2D eigenvalue weighted by Crippen LogP contribution is 2.11. The average Bonchev–Trinajstić information content (AvgIpc) is 2.37. The van der Waals surface area contributed by atoms with Crippen LogP contribution in [0, 0.1) is 0 Å². The van der Waals surface area contributed by atoms with Crippen molar-refractivity contribution in [3.8, 4) is 0 Å². The molecular weight excluding hydrogens is 216 g/mol. The van der Waals surface area contributed by atoms with Gasteiger partial charge in [-0.3, -0.25) is 4.79 Å². The smallest absolute Gasteiger partial charge is 0.248 e. The van der Waals surface area contributed by atoms with E-state index in [1.54, 1.807) is 0 Å². The summed E-state index contributed by atoms with van der Waals surface area (Å²) in [6, 6.07) is 0. The predicted octanol–water partition coefficient (Wildman–Crippen LogP) is 0.934. The normalized spacial score (nSPS) is 22.4. The molecular formula is C13H22N2O2. The number of hydrogen-bond acceptors (Lipinski definition) is 3. The van der Waals surface area contributed by atoms with Crippen LogP contribution in [0.15, 0.2) is 11.6 Å². The molecule has 0 spiro atoms. The third-order valence-corrected chi connectivity index (χ3v) is 3.41. The largest absolute Gasteiger partial charge is 0.368 e. The number of nitrogens with zero attached hydrogens (tertiary/aromatic N) is 1. The van der Waals surface area contributed by atoms with Gasteiger partial charge < -0.3 is 15.0 Å². The fourth-order valence-corrected chi connectivity index (χ4v) is 2.37. The van der Waals surface area contributed by atoms with E-state index in [-0.39, 0.29) is 18.6 Å². The SMILES string of the molecule is CC1=CCCN(C(=O)COC2CCNCC2)C1. The van der Waals surface area contributed by atoms with Crippen molar-refractivity contribution in [1.82, 2.24) is 10.2 Å². The number of carbonyl (C=O) groups is 1. The second-order valence-corrected chi connectivity index (χ2v) is 4.91. The van der Waals surface area contributed by atoms with E-state index < -0.39 is 0 Å². The Labute approximate surface area is 103 Å². The zero-order valence-electron chi connectivity index (χ0n) is 10.6. The van der Waals surface area contributed by atoms with Gasteiger partial charge in [0.1, 0.15) is 6.61 Å². The Morgan fingerprint density at radius 2 is 2.29 bits per heavy atom. The molecule has 4 heteroatoms. The minimum Gasteiger partial charge on any atom is -0.368 e. The molecule has 1 amide bonds. The molecule has 1 N–H and O–H groups in total. The molecule has 0 saturated carbocycles. The minimum absolute atomic E-state index is 0.135. The molecule has 0 aliphatic carbocycles. The lowest BCUT2D eigenvalue weighted by Gasteiger charge is -2.28. The number of carbonyl (C=O) groups excluding carboxylic acids is 1. The molecule has 0 bridgehead atoms. The topological polar surface area (TPSA) is 41.6 Å². The Morgan fingerprint density at radius 3 is 3.00 bits per heavy atom. The van der Waals surface area contributed by atoms with E-state index in [0.29, 0.717) is 0 Å². The Kier molecular flexibility index (Phi) is 4.57. The monoisotopic (exact) mass is 238 g/mol. The van der Waals surface area contributed by atoms with Crippen LogP contribution in [0.1, 0.15) is 26.2 Å². The van der Waals surface area contributed by atoms with Gasteiger partial charge in [-0.15, -0.1) is 0 Å². The van der Waals surface area contributed by atoms with Crippen molar-refractivity contribution in [1.29, 1.82) is 0 Å². The molecule has 4 nitrogen and oxygen atoms in total. The van der Waals surface area contributed by atoms with E-state index in [1.165, 1.54) is 5.57 Å². The average molecular weight is 238 g/mol. The highest BCUT2D eigenvalue weighted by atomic mass is 16.5. The molecule has 1 fully saturated rings. The predicted molar refractivity (Wildman–Crippen MR) is 66.8 cm³/mol. The fourth-order valence-electron chi connectivity index (χ4n) is 2.37. The lowest BCUT2D eigenvalue weighted by molar-refractivity contribution is -0.138. The molecule has 96 valence electrons. The molecule has 2 aliphatic heterocycles. The van der Waals surface area contributed by atoms with E-state index >= 15 is 0 Å². The summed E-state index contributed by atoms with van der Waals surface area (Å²) in [7, 11) is 0. The molecule has 0 atom stereocenters. The van der Waals surface area contributed by atoms with Crippen LogP contribution in [0.3, 0.4) is 0 Å². The van der Waals surface area contributed by atoms with Crippen molar-refractivity contribution in [2.75, 3.05) is 32.8 Å². The van der Waals surface area contributed by atoms with Crippen LogP contribution >= 0.6 is 0 Å². The zero-order valence-corrected chi connectivity index (χ0v) is 10.6. The number of nitrogens with one attached hydrogen (secondary N) is 1. The third kappa shape index (κ3) is 3.82. The van der Waals surface area contributed by atoms with Crippen LogP contribution in [-0.4, -0.2) is 49.7 Å². The summed E-state index contributed by atoms with van der Waals surface area (Å²) < 4.78 is 5.68. The van der Waals surface area contributed by atoms with Gasteiger partial charge >= 0.3 is 0 Å². The molecule has 2 heterocycles. The van der Waals surface area contributed by atoms with Crippen LogP contribution in [-0.2, 0) is 9.53 Å². The second-order valence-electron chi connectivity index (χ2n) is 4.91. The molecule has 0 unspecified atom stereocenters. The molecule has 1 saturated heterocycles. The summed E-state index contributed by atoms with van der Waals surface area (Å²) in [5.41, 5.74) is 1.28. The van der Waals surface area contributed by atoms with Crippen molar-refractivity contribution in [2.45, 2.75) is 32.3 Å². The molecule has 0 aromatic rings. The Balaban J connectivity index is 1.71. The summed E-state index contributed by atoms with van der Waals surface area (Å²) >= 11 is 0. The summed E-state index contributed by atoms with van der Waals surface area (Å²) in [5, 5.41) is 3.29. The first kappa shape index (κ1) is 12.6. The summed E-state index contributed by atoms with van der Waals surface area (Å²) in [5.74, 6) is 0.135. The zero-order chi connectivity index (χ0) is 12.1. The Hall–Kier alpha value is -0.870. The van der Waals surface area contributed by atoms with Crippen molar-refractivity contribution in [2.24, 2.45) is 0 Å². The van der Waals surface area contributed by atoms with Crippen LogP contribution in [0.2, 0.25) is 0 Å². The van der Waals surface area contributed by atoms with Crippen LogP contribution in [0.25, 0.3) is 0 Å². The quantitative estimate of drug-likeness (QED) is 0.744. The van der Waals surface area contributed by atoms with Gasteiger partial charge in [-0.05, 0) is 39.3 Å². The van der Waals surface area contributed by atoms with Gasteiger partial charge in [0.25, 0.3) is 0 Å². The highest BCUT2D eigenvalue weighted by molar-refractivity contribution is 5.77. The van der Waals surface area contributed by atoms with Gasteiger partial charge in [0, 0.05) is 13.1 Å². The summed E-state index contributed by atoms with van der Waals surface area (Å²) in [6.07, 6.45) is 5.49. The lowest BCUT2D eigenvalue weighted by atomic mass is 10.1. The van der Waals surface area contributed by atoms with E-state index in [1.807, 2.05) is 4.90 Å². The first-order chi connectivity index (χ1) is 8.25. The van der Waals surface area contributed by atoms with Crippen LogP contribution < -0.4 is 5.32 Å². The van der Waals surface area contributed by atoms with Gasteiger partial charge in [0.2, 0.25) is 5.91 Å². The maximum Gasteiger partial charge on any atom is 0.248 e. The van der Waals surface area contributed by atoms with Gasteiger partial charge in [-0.2, -0.15) is 0 Å². The maximum atomic E-state index is 11.9. The fraction of sp³-hybridized carbons (Fsp3) is 0.769. The van der Waals surface area contributed by atoms with Crippen molar-refractivity contribution in [3.63, 3.8) is 0 Å². The van der Waals surface area contributed by atoms with Gasteiger partial charge in [-0.25, -0.2) is 0 Å². The molecule has 0 aromatic carbocycles. The second kappa shape index (κ2) is 6.17. The van der Waals surface area contributed by atoms with E-state index in [4.69, 9.17) is 4.74 Å². The number of hydrogen-bond donors (Lipinski definition) is 1. The third-order valence-electron chi connectivity index (χ3n) is 3.41. The molecule has 0 radical (unpaired) electrons. The van der Waals surface area contributed by atoms with Crippen molar-refractivity contribution < 1.29 is 9.53 Å². The Morgan fingerprint density at radius 1 is 1.53 bits per heavy atom.